The lowest BCUT2D eigenvalue weighted by Gasteiger charge is -2.12. The van der Waals surface area contributed by atoms with Crippen LogP contribution in [0.1, 0.15) is 5.56 Å². The molecule has 0 aliphatic rings. The first kappa shape index (κ1) is 23.7. The molecule has 0 aliphatic carbocycles. The van der Waals surface area contributed by atoms with E-state index in [1.807, 2.05) is 0 Å². The monoisotopic (exact) mass is 490 g/mol. The summed E-state index contributed by atoms with van der Waals surface area (Å²) < 4.78 is 29.6. The molecule has 3 aromatic rings. The average Bonchev–Trinajstić information content (AvgIpc) is 2.75. The minimum Gasteiger partial charge on any atom is -0.368 e. The van der Waals surface area contributed by atoms with E-state index >= 15 is 0 Å². The number of halogens is 2. The first-order chi connectivity index (χ1) is 15.2. The van der Waals surface area contributed by atoms with Crippen LogP contribution in [-0.2, 0) is 21.2 Å². The van der Waals surface area contributed by atoms with Crippen molar-refractivity contribution in [3.05, 3.63) is 76.4 Å². The molecule has 1 amide bonds. The van der Waals surface area contributed by atoms with Crippen LogP contribution in [0.25, 0.3) is 11.3 Å². The molecule has 0 saturated carbocycles. The largest absolute Gasteiger partial charge is 0.368 e. The molecule has 0 unspecified atom stereocenters. The van der Waals surface area contributed by atoms with Crippen LogP contribution in [0.5, 0.6) is 0 Å². The van der Waals surface area contributed by atoms with Crippen molar-refractivity contribution in [2.75, 3.05) is 19.4 Å². The normalized spacial score (nSPS) is 11.5. The minimum absolute atomic E-state index is 0.0427. The summed E-state index contributed by atoms with van der Waals surface area (Å²) in [4.78, 5) is 18.1. The Morgan fingerprint density at radius 3 is 2.53 bits per heavy atom. The maximum atomic E-state index is 13.0. The lowest BCUT2D eigenvalue weighted by atomic mass is 10.1. The number of benzene rings is 2. The number of aromatic nitrogens is 1. The van der Waals surface area contributed by atoms with Crippen LogP contribution in [-0.4, -0.2) is 44.6 Å². The molecule has 1 aromatic heterocycles. The third kappa shape index (κ3) is 6.06. The third-order valence-electron chi connectivity index (χ3n) is 4.27. The highest BCUT2D eigenvalue weighted by Crippen LogP contribution is 2.31. The number of carbonyl (C=O) groups is 1. The second-order valence-corrected chi connectivity index (χ2v) is 9.49. The Morgan fingerprint density at radius 1 is 1.12 bits per heavy atom. The van der Waals surface area contributed by atoms with Crippen LogP contribution < -0.4 is 5.32 Å². The van der Waals surface area contributed by atoms with E-state index in [1.54, 1.807) is 62.6 Å². The lowest BCUT2D eigenvalue weighted by molar-refractivity contribution is -0.115. The van der Waals surface area contributed by atoms with Gasteiger partial charge in [-0.3, -0.25) is 9.78 Å². The van der Waals surface area contributed by atoms with Crippen molar-refractivity contribution >= 4 is 51.2 Å². The summed E-state index contributed by atoms with van der Waals surface area (Å²) in [5.41, 5.74) is 1.71. The van der Waals surface area contributed by atoms with E-state index in [2.05, 4.69) is 14.7 Å². The molecule has 0 spiro atoms. The predicted molar refractivity (Wildman–Crippen MR) is 128 cm³/mol. The van der Waals surface area contributed by atoms with Crippen LogP contribution in [0.4, 0.5) is 5.69 Å². The number of pyridine rings is 1. The quantitative estimate of drug-likeness (QED) is 0.388. The summed E-state index contributed by atoms with van der Waals surface area (Å²) in [6.45, 7) is 0. The van der Waals surface area contributed by atoms with Gasteiger partial charge in [-0.25, -0.2) is 0 Å². The van der Waals surface area contributed by atoms with E-state index in [0.29, 0.717) is 32.6 Å². The van der Waals surface area contributed by atoms with Gasteiger partial charge in [0.2, 0.25) is 5.91 Å². The summed E-state index contributed by atoms with van der Waals surface area (Å²) in [6.07, 6.45) is 2.66. The number of nitrogens with one attached hydrogen (secondary N) is 1. The molecule has 0 bridgehead atoms. The van der Waals surface area contributed by atoms with Gasteiger partial charge in [-0.05, 0) is 42.0 Å². The Bertz CT molecular complexity index is 1260. The van der Waals surface area contributed by atoms with Crippen LogP contribution >= 0.6 is 23.2 Å². The molecule has 0 aliphatic heterocycles. The molecule has 0 atom stereocenters. The number of hydrogen-bond acceptors (Lipinski definition) is 4. The first-order valence-electron chi connectivity index (χ1n) is 9.42. The zero-order valence-corrected chi connectivity index (χ0v) is 19.6. The fourth-order valence-electron chi connectivity index (χ4n) is 2.79. The van der Waals surface area contributed by atoms with Crippen molar-refractivity contribution in [1.29, 1.82) is 0 Å². The van der Waals surface area contributed by atoms with Gasteiger partial charge in [0.15, 0.2) is 0 Å². The fourth-order valence-corrected chi connectivity index (χ4v) is 4.26. The Labute approximate surface area is 196 Å². The molecule has 7 nitrogen and oxygen atoms in total. The Morgan fingerprint density at radius 2 is 1.88 bits per heavy atom. The molecule has 0 radical (unpaired) electrons. The Balaban J connectivity index is 1.98. The molecular weight excluding hydrogens is 471 g/mol. The number of amides is 1. The van der Waals surface area contributed by atoms with Crippen molar-refractivity contribution in [1.82, 2.24) is 9.88 Å². The SMILES string of the molecule is CN(C)C=NS(=O)(=O)c1cc(NC(=O)Cc2ccccc2Cl)ccc1-c1ccc(Cl)cn1. The van der Waals surface area contributed by atoms with E-state index in [9.17, 15) is 13.2 Å². The predicted octanol–water partition coefficient (Wildman–Crippen LogP) is 4.52. The highest BCUT2D eigenvalue weighted by molar-refractivity contribution is 7.90. The van der Waals surface area contributed by atoms with Crippen molar-refractivity contribution in [2.24, 2.45) is 4.40 Å². The highest BCUT2D eigenvalue weighted by atomic mass is 35.5. The van der Waals surface area contributed by atoms with E-state index in [1.165, 1.54) is 23.5 Å². The maximum absolute atomic E-state index is 13.0. The summed E-state index contributed by atoms with van der Waals surface area (Å²) in [5.74, 6) is -0.337. The van der Waals surface area contributed by atoms with Gasteiger partial charge in [-0.2, -0.15) is 8.42 Å². The highest BCUT2D eigenvalue weighted by Gasteiger charge is 2.21. The Hall–Kier alpha value is -2.94. The van der Waals surface area contributed by atoms with Gasteiger partial charge in [0, 0.05) is 36.6 Å². The zero-order chi connectivity index (χ0) is 23.3. The third-order valence-corrected chi connectivity index (χ3v) is 6.13. The van der Waals surface area contributed by atoms with Crippen LogP contribution in [0.3, 0.4) is 0 Å². The molecular formula is C22H20Cl2N4O3S. The van der Waals surface area contributed by atoms with E-state index in [-0.39, 0.29) is 17.2 Å². The van der Waals surface area contributed by atoms with Crippen molar-refractivity contribution in [3.63, 3.8) is 0 Å². The number of carbonyl (C=O) groups excluding carboxylic acids is 1. The summed E-state index contributed by atoms with van der Waals surface area (Å²) in [5, 5.41) is 3.62. The summed E-state index contributed by atoms with van der Waals surface area (Å²) >= 11 is 12.0. The van der Waals surface area contributed by atoms with Gasteiger partial charge < -0.3 is 10.2 Å². The molecule has 1 heterocycles. The second-order valence-electron chi connectivity index (χ2n) is 7.05. The number of anilines is 1. The molecule has 1 N–H and O–H groups in total. The van der Waals surface area contributed by atoms with Gasteiger partial charge >= 0.3 is 0 Å². The standard InChI is InChI=1S/C22H20Cl2N4O3S/c1-28(2)14-26-32(30,31)21-12-17(8-9-18(21)20-10-7-16(23)13-25-20)27-22(29)11-15-5-3-4-6-19(15)24/h3-10,12-14H,11H2,1-2H3,(H,27,29). The number of rotatable bonds is 7. The van der Waals surface area contributed by atoms with Gasteiger partial charge in [0.05, 0.1) is 17.1 Å². The zero-order valence-electron chi connectivity index (χ0n) is 17.3. The second kappa shape index (κ2) is 10.1. The van der Waals surface area contributed by atoms with Crippen molar-refractivity contribution in [2.45, 2.75) is 11.3 Å². The van der Waals surface area contributed by atoms with Gasteiger partial charge in [0.25, 0.3) is 10.0 Å². The van der Waals surface area contributed by atoms with Gasteiger partial charge in [-0.1, -0.05) is 41.4 Å². The van der Waals surface area contributed by atoms with E-state index < -0.39 is 10.0 Å². The van der Waals surface area contributed by atoms with Crippen molar-refractivity contribution in [3.8, 4) is 11.3 Å². The van der Waals surface area contributed by atoms with Crippen LogP contribution in [0.2, 0.25) is 10.0 Å². The molecule has 0 fully saturated rings. The molecule has 3 rings (SSSR count). The van der Waals surface area contributed by atoms with E-state index in [0.717, 1.165) is 0 Å². The lowest BCUT2D eigenvalue weighted by Crippen LogP contribution is -2.15. The summed E-state index contributed by atoms with van der Waals surface area (Å²) in [6, 6.07) is 14.8. The molecule has 10 heteroatoms. The molecule has 2 aromatic carbocycles. The van der Waals surface area contributed by atoms with E-state index in [4.69, 9.17) is 23.2 Å². The van der Waals surface area contributed by atoms with Gasteiger partial charge in [0.1, 0.15) is 11.2 Å². The number of hydrogen-bond donors (Lipinski definition) is 1. The number of nitrogens with zero attached hydrogens (tertiary/aromatic N) is 3. The topological polar surface area (TPSA) is 91.7 Å². The number of sulfonamides is 1. The van der Waals surface area contributed by atoms with Crippen molar-refractivity contribution < 1.29 is 13.2 Å². The summed E-state index contributed by atoms with van der Waals surface area (Å²) in [7, 11) is -0.768. The van der Waals surface area contributed by atoms with Crippen LogP contribution in [0.15, 0.2) is 70.1 Å². The molecule has 166 valence electrons. The smallest absolute Gasteiger partial charge is 0.284 e. The molecule has 0 saturated heterocycles. The van der Waals surface area contributed by atoms with Gasteiger partial charge in [-0.15, -0.1) is 4.40 Å². The molecule has 32 heavy (non-hydrogen) atoms. The Kier molecular flexibility index (Phi) is 7.50. The maximum Gasteiger partial charge on any atom is 0.284 e. The average molecular weight is 491 g/mol. The first-order valence-corrected chi connectivity index (χ1v) is 11.6. The fraction of sp³-hybridized carbons (Fsp3) is 0.136. The minimum atomic E-state index is -4.09. The van der Waals surface area contributed by atoms with Crippen LogP contribution in [0, 0.1) is 0 Å².